The SMILES string of the molecule is CS(=O)(=O)c1ccc(N(C(=O)CCC2CCCC2)c2cnc(C(=O)NO)cn2)cc1Cl. The van der Waals surface area contributed by atoms with Crippen molar-refractivity contribution in [1.82, 2.24) is 15.4 Å². The number of carbonyl (C=O) groups is 2. The van der Waals surface area contributed by atoms with Gasteiger partial charge >= 0.3 is 0 Å². The highest BCUT2D eigenvalue weighted by Gasteiger charge is 2.24. The topological polar surface area (TPSA) is 130 Å². The maximum Gasteiger partial charge on any atom is 0.294 e. The Morgan fingerprint density at radius 1 is 1.23 bits per heavy atom. The average Bonchev–Trinajstić information content (AvgIpc) is 3.25. The van der Waals surface area contributed by atoms with E-state index < -0.39 is 15.7 Å². The molecule has 3 rings (SSSR count). The van der Waals surface area contributed by atoms with E-state index in [1.165, 1.54) is 47.6 Å². The van der Waals surface area contributed by atoms with Crippen molar-refractivity contribution in [3.05, 3.63) is 41.3 Å². The zero-order valence-corrected chi connectivity index (χ0v) is 18.5. The maximum atomic E-state index is 13.1. The van der Waals surface area contributed by atoms with Crippen LogP contribution in [0.15, 0.2) is 35.5 Å². The van der Waals surface area contributed by atoms with Gasteiger partial charge in [-0.25, -0.2) is 23.9 Å². The number of hydrogen-bond acceptors (Lipinski definition) is 7. The van der Waals surface area contributed by atoms with Gasteiger partial charge in [-0.05, 0) is 30.5 Å². The quantitative estimate of drug-likeness (QED) is 0.473. The lowest BCUT2D eigenvalue weighted by atomic mass is 10.0. The average molecular weight is 467 g/mol. The predicted octanol–water partition coefficient (Wildman–Crippen LogP) is 3.29. The smallest absolute Gasteiger partial charge is 0.288 e. The first-order valence-electron chi connectivity index (χ1n) is 9.79. The van der Waals surface area contributed by atoms with Crippen LogP contribution in [0, 0.1) is 5.92 Å². The summed E-state index contributed by atoms with van der Waals surface area (Å²) in [5, 5.41) is 8.72. The van der Waals surface area contributed by atoms with Crippen LogP contribution >= 0.6 is 11.6 Å². The van der Waals surface area contributed by atoms with Crippen molar-refractivity contribution >= 4 is 44.8 Å². The third-order valence-corrected chi connectivity index (χ3v) is 6.84. The highest BCUT2D eigenvalue weighted by molar-refractivity contribution is 7.90. The number of aromatic nitrogens is 2. The molecule has 2 aromatic rings. The van der Waals surface area contributed by atoms with Crippen LogP contribution in [0.1, 0.15) is 49.0 Å². The standard InChI is InChI=1S/C20H23ClN4O5S/c1-31(29,30)17-8-7-14(10-15(17)21)25(19(26)9-6-13-4-2-3-5-13)18-12-22-16(11-23-18)20(27)24-28/h7-8,10-13,28H,2-6,9H2,1H3,(H,24,27). The molecule has 1 fully saturated rings. The van der Waals surface area contributed by atoms with Gasteiger partial charge in [0, 0.05) is 12.7 Å². The van der Waals surface area contributed by atoms with Gasteiger partial charge in [0.25, 0.3) is 5.91 Å². The molecule has 1 aliphatic rings. The van der Waals surface area contributed by atoms with Crippen molar-refractivity contribution in [3.8, 4) is 0 Å². The van der Waals surface area contributed by atoms with Gasteiger partial charge < -0.3 is 0 Å². The Balaban J connectivity index is 1.94. The molecule has 1 aliphatic carbocycles. The van der Waals surface area contributed by atoms with Gasteiger partial charge in [0.05, 0.1) is 28.0 Å². The van der Waals surface area contributed by atoms with Gasteiger partial charge in [0.15, 0.2) is 15.7 Å². The Morgan fingerprint density at radius 2 is 1.94 bits per heavy atom. The molecular weight excluding hydrogens is 444 g/mol. The lowest BCUT2D eigenvalue weighted by molar-refractivity contribution is -0.118. The predicted molar refractivity (Wildman–Crippen MR) is 114 cm³/mol. The van der Waals surface area contributed by atoms with Crippen LogP contribution in [-0.2, 0) is 14.6 Å². The monoisotopic (exact) mass is 466 g/mol. The van der Waals surface area contributed by atoms with Crippen molar-refractivity contribution in [2.75, 3.05) is 11.2 Å². The molecule has 0 unspecified atom stereocenters. The minimum Gasteiger partial charge on any atom is -0.288 e. The fraction of sp³-hybridized carbons (Fsp3) is 0.400. The Labute approximate surface area is 185 Å². The fourth-order valence-corrected chi connectivity index (χ4v) is 5.01. The van der Waals surface area contributed by atoms with Gasteiger partial charge in [0.2, 0.25) is 5.91 Å². The number of sulfone groups is 1. The number of amides is 2. The van der Waals surface area contributed by atoms with Gasteiger partial charge in [-0.3, -0.25) is 19.7 Å². The number of benzene rings is 1. The van der Waals surface area contributed by atoms with Crippen molar-refractivity contribution < 1.29 is 23.2 Å². The van der Waals surface area contributed by atoms with Gasteiger partial charge in [-0.2, -0.15) is 0 Å². The van der Waals surface area contributed by atoms with Crippen LogP contribution in [0.5, 0.6) is 0 Å². The van der Waals surface area contributed by atoms with E-state index in [1.807, 2.05) is 0 Å². The van der Waals surface area contributed by atoms with E-state index in [2.05, 4.69) is 9.97 Å². The maximum absolute atomic E-state index is 13.1. The molecule has 0 spiro atoms. The number of nitrogens with one attached hydrogen (secondary N) is 1. The first kappa shape index (κ1) is 23.1. The third-order valence-electron chi connectivity index (χ3n) is 5.27. The molecule has 2 amide bonds. The van der Waals surface area contributed by atoms with E-state index in [4.69, 9.17) is 16.8 Å². The Hall–Kier alpha value is -2.56. The van der Waals surface area contributed by atoms with Crippen LogP contribution in [0.2, 0.25) is 5.02 Å². The summed E-state index contributed by atoms with van der Waals surface area (Å²) in [4.78, 5) is 34.0. The summed E-state index contributed by atoms with van der Waals surface area (Å²) in [6.07, 6.45) is 8.98. The highest BCUT2D eigenvalue weighted by atomic mass is 35.5. The largest absolute Gasteiger partial charge is 0.294 e. The second-order valence-electron chi connectivity index (χ2n) is 7.51. The van der Waals surface area contributed by atoms with Crippen LogP contribution in [0.25, 0.3) is 0 Å². The molecule has 1 saturated carbocycles. The van der Waals surface area contributed by atoms with Crippen LogP contribution in [-0.4, -0.2) is 41.7 Å². The van der Waals surface area contributed by atoms with E-state index >= 15 is 0 Å². The number of carbonyl (C=O) groups excluding carboxylic acids is 2. The van der Waals surface area contributed by atoms with Crippen molar-refractivity contribution in [1.29, 1.82) is 0 Å². The molecule has 0 radical (unpaired) electrons. The molecule has 166 valence electrons. The summed E-state index contributed by atoms with van der Waals surface area (Å²) < 4.78 is 23.7. The number of nitrogens with zero attached hydrogens (tertiary/aromatic N) is 3. The van der Waals surface area contributed by atoms with Gasteiger partial charge in [-0.1, -0.05) is 37.3 Å². The molecule has 1 aromatic carbocycles. The molecule has 2 N–H and O–H groups in total. The summed E-state index contributed by atoms with van der Waals surface area (Å²) in [7, 11) is -3.53. The minimum absolute atomic E-state index is 0.0159. The van der Waals surface area contributed by atoms with E-state index in [1.54, 1.807) is 0 Å². The lowest BCUT2D eigenvalue weighted by Crippen LogP contribution is -2.28. The molecular formula is C20H23ClN4O5S. The van der Waals surface area contributed by atoms with Gasteiger partial charge in [-0.15, -0.1) is 0 Å². The number of anilines is 2. The molecule has 0 saturated heterocycles. The normalized spacial score (nSPS) is 14.4. The highest BCUT2D eigenvalue weighted by Crippen LogP contribution is 2.33. The minimum atomic E-state index is -3.53. The molecule has 1 heterocycles. The number of hydroxylamine groups is 1. The summed E-state index contributed by atoms with van der Waals surface area (Å²) >= 11 is 6.18. The van der Waals surface area contributed by atoms with E-state index in [0.29, 0.717) is 11.6 Å². The first-order valence-corrected chi connectivity index (χ1v) is 12.1. The summed E-state index contributed by atoms with van der Waals surface area (Å²) in [6.45, 7) is 0. The number of hydrogen-bond donors (Lipinski definition) is 2. The Kier molecular flexibility index (Phi) is 7.24. The van der Waals surface area contributed by atoms with Crippen LogP contribution < -0.4 is 10.4 Å². The zero-order chi connectivity index (χ0) is 22.6. The molecule has 0 bridgehead atoms. The number of halogens is 1. The molecule has 0 atom stereocenters. The summed E-state index contributed by atoms with van der Waals surface area (Å²) in [6, 6.07) is 4.21. The van der Waals surface area contributed by atoms with Crippen molar-refractivity contribution in [2.45, 2.75) is 43.4 Å². The Bertz CT molecular complexity index is 1070. The number of rotatable bonds is 7. The van der Waals surface area contributed by atoms with Gasteiger partial charge in [0.1, 0.15) is 5.69 Å². The van der Waals surface area contributed by atoms with E-state index in [-0.39, 0.29) is 33.8 Å². The molecule has 11 heteroatoms. The molecule has 9 nitrogen and oxygen atoms in total. The van der Waals surface area contributed by atoms with Crippen LogP contribution in [0.4, 0.5) is 11.5 Å². The first-order chi connectivity index (χ1) is 14.7. The molecule has 1 aromatic heterocycles. The summed E-state index contributed by atoms with van der Waals surface area (Å²) in [5.74, 6) is -0.430. The van der Waals surface area contributed by atoms with Crippen molar-refractivity contribution in [3.63, 3.8) is 0 Å². The molecule has 31 heavy (non-hydrogen) atoms. The van der Waals surface area contributed by atoms with E-state index in [9.17, 15) is 18.0 Å². The van der Waals surface area contributed by atoms with Crippen LogP contribution in [0.3, 0.4) is 0 Å². The second kappa shape index (κ2) is 9.71. The third kappa shape index (κ3) is 5.57. The van der Waals surface area contributed by atoms with E-state index in [0.717, 1.165) is 31.7 Å². The summed E-state index contributed by atoms with van der Waals surface area (Å²) in [5.41, 5.74) is 1.67. The Morgan fingerprint density at radius 3 is 2.48 bits per heavy atom. The zero-order valence-electron chi connectivity index (χ0n) is 16.9. The second-order valence-corrected chi connectivity index (χ2v) is 9.90. The van der Waals surface area contributed by atoms with Crippen molar-refractivity contribution in [2.24, 2.45) is 5.92 Å². The fourth-order valence-electron chi connectivity index (χ4n) is 3.68. The molecule has 0 aliphatic heterocycles. The lowest BCUT2D eigenvalue weighted by Gasteiger charge is -2.23.